The van der Waals surface area contributed by atoms with Crippen LogP contribution in [0.2, 0.25) is 5.02 Å². The van der Waals surface area contributed by atoms with Gasteiger partial charge in [-0.25, -0.2) is 0 Å². The Morgan fingerprint density at radius 1 is 1.12 bits per heavy atom. The predicted octanol–water partition coefficient (Wildman–Crippen LogP) is 4.53. The van der Waals surface area contributed by atoms with Crippen LogP contribution >= 0.6 is 11.6 Å². The fraction of sp³-hybridized carbons (Fsp3) is 0.250. The molecule has 1 atom stereocenters. The summed E-state index contributed by atoms with van der Waals surface area (Å²) in [6, 6.07) is 13.4. The van der Waals surface area contributed by atoms with Gasteiger partial charge in [0.1, 0.15) is 0 Å². The number of amides is 1. The van der Waals surface area contributed by atoms with Crippen molar-refractivity contribution in [1.82, 2.24) is 10.1 Å². The maximum Gasteiger partial charge on any atom is 0.257 e. The molecule has 5 nitrogen and oxygen atoms in total. The molecule has 0 saturated carbocycles. The van der Waals surface area contributed by atoms with E-state index in [2.05, 4.69) is 16.2 Å². The highest BCUT2D eigenvalue weighted by atomic mass is 35.5. The SMILES string of the molecule is Cc1cc(C)cc(-c2nc([C@@H]3CC(=O)N(c4ccc(Cl)cc4)C3)no2)c1. The second-order valence-electron chi connectivity index (χ2n) is 6.72. The first kappa shape index (κ1) is 16.8. The van der Waals surface area contributed by atoms with E-state index in [1.54, 1.807) is 17.0 Å². The molecule has 2 heterocycles. The van der Waals surface area contributed by atoms with Gasteiger partial charge in [0.15, 0.2) is 5.82 Å². The lowest BCUT2D eigenvalue weighted by Crippen LogP contribution is -2.24. The largest absolute Gasteiger partial charge is 0.334 e. The summed E-state index contributed by atoms with van der Waals surface area (Å²) in [5, 5.41) is 4.77. The van der Waals surface area contributed by atoms with Crippen LogP contribution in [-0.4, -0.2) is 22.6 Å². The van der Waals surface area contributed by atoms with Crippen molar-refractivity contribution in [2.45, 2.75) is 26.2 Å². The average Bonchev–Trinajstić information content (AvgIpc) is 3.22. The van der Waals surface area contributed by atoms with E-state index in [9.17, 15) is 4.79 Å². The predicted molar refractivity (Wildman–Crippen MR) is 100 cm³/mol. The van der Waals surface area contributed by atoms with Gasteiger partial charge in [0, 0.05) is 35.2 Å². The number of carbonyl (C=O) groups is 1. The molecule has 0 unspecified atom stereocenters. The van der Waals surface area contributed by atoms with Crippen molar-refractivity contribution in [3.05, 3.63) is 64.4 Å². The third-order valence-electron chi connectivity index (χ3n) is 4.54. The zero-order valence-corrected chi connectivity index (χ0v) is 15.3. The number of carbonyl (C=O) groups excluding carboxylic acids is 1. The lowest BCUT2D eigenvalue weighted by atomic mass is 10.1. The summed E-state index contributed by atoms with van der Waals surface area (Å²) in [5.41, 5.74) is 4.02. The molecule has 1 saturated heterocycles. The third-order valence-corrected chi connectivity index (χ3v) is 4.79. The molecular formula is C20H18ClN3O2. The quantitative estimate of drug-likeness (QED) is 0.682. The summed E-state index contributed by atoms with van der Waals surface area (Å²) in [5.74, 6) is 1.03. The van der Waals surface area contributed by atoms with Crippen LogP contribution in [0.5, 0.6) is 0 Å². The average molecular weight is 368 g/mol. The molecule has 0 spiro atoms. The second kappa shape index (κ2) is 6.57. The molecule has 2 aromatic carbocycles. The Bertz CT molecular complexity index is 945. The topological polar surface area (TPSA) is 59.2 Å². The van der Waals surface area contributed by atoms with Crippen molar-refractivity contribution in [2.24, 2.45) is 0 Å². The van der Waals surface area contributed by atoms with Gasteiger partial charge in [-0.1, -0.05) is 34.0 Å². The minimum atomic E-state index is -0.0819. The van der Waals surface area contributed by atoms with Crippen molar-refractivity contribution in [1.29, 1.82) is 0 Å². The van der Waals surface area contributed by atoms with Gasteiger partial charge >= 0.3 is 0 Å². The van der Waals surface area contributed by atoms with Crippen molar-refractivity contribution in [3.63, 3.8) is 0 Å². The van der Waals surface area contributed by atoms with E-state index in [1.165, 1.54) is 0 Å². The van der Waals surface area contributed by atoms with Crippen molar-refractivity contribution < 1.29 is 9.32 Å². The van der Waals surface area contributed by atoms with Crippen LogP contribution in [0.15, 0.2) is 47.0 Å². The molecule has 1 amide bonds. The standard InChI is InChI=1S/C20H18ClN3O2/c1-12-7-13(2)9-14(8-12)20-22-19(23-26-20)15-10-18(25)24(11-15)17-5-3-16(21)4-6-17/h3-9,15H,10-11H2,1-2H3/t15-/m1/s1. The Labute approximate surface area is 156 Å². The van der Waals surface area contributed by atoms with Crippen molar-refractivity contribution in [2.75, 3.05) is 11.4 Å². The number of aromatic nitrogens is 2. The summed E-state index contributed by atoms with van der Waals surface area (Å²) in [6.45, 7) is 4.60. The minimum Gasteiger partial charge on any atom is -0.334 e. The molecule has 1 aliphatic rings. The van der Waals surface area contributed by atoms with Crippen LogP contribution in [0.3, 0.4) is 0 Å². The van der Waals surface area contributed by atoms with E-state index in [1.807, 2.05) is 38.1 Å². The number of aryl methyl sites for hydroxylation is 2. The van der Waals surface area contributed by atoms with E-state index in [-0.39, 0.29) is 11.8 Å². The molecular weight excluding hydrogens is 350 g/mol. The normalized spacial score (nSPS) is 17.1. The van der Waals surface area contributed by atoms with Crippen molar-refractivity contribution in [3.8, 4) is 11.5 Å². The van der Waals surface area contributed by atoms with Crippen LogP contribution < -0.4 is 4.90 Å². The number of hydrogen-bond donors (Lipinski definition) is 0. The molecule has 26 heavy (non-hydrogen) atoms. The zero-order valence-electron chi connectivity index (χ0n) is 14.6. The molecule has 0 radical (unpaired) electrons. The fourth-order valence-corrected chi connectivity index (χ4v) is 3.49. The summed E-state index contributed by atoms with van der Waals surface area (Å²) in [7, 11) is 0. The van der Waals surface area contributed by atoms with Crippen LogP contribution in [0, 0.1) is 13.8 Å². The van der Waals surface area contributed by atoms with Gasteiger partial charge in [-0.2, -0.15) is 4.98 Å². The van der Waals surface area contributed by atoms with E-state index in [4.69, 9.17) is 16.1 Å². The molecule has 1 fully saturated rings. The molecule has 0 aliphatic carbocycles. The van der Waals surface area contributed by atoms with E-state index >= 15 is 0 Å². The van der Waals surface area contributed by atoms with Crippen LogP contribution in [0.1, 0.15) is 29.3 Å². The molecule has 132 valence electrons. The van der Waals surface area contributed by atoms with Gasteiger partial charge in [0.25, 0.3) is 5.89 Å². The maximum atomic E-state index is 12.4. The van der Waals surface area contributed by atoms with Gasteiger partial charge in [-0.05, 0) is 50.2 Å². The molecule has 1 aromatic heterocycles. The zero-order chi connectivity index (χ0) is 18.3. The number of nitrogens with zero attached hydrogens (tertiary/aromatic N) is 3. The minimum absolute atomic E-state index is 0.0510. The number of rotatable bonds is 3. The Balaban J connectivity index is 1.56. The highest BCUT2D eigenvalue weighted by Crippen LogP contribution is 2.32. The Morgan fingerprint density at radius 3 is 2.50 bits per heavy atom. The molecule has 6 heteroatoms. The van der Waals surface area contributed by atoms with Crippen LogP contribution in [0.25, 0.3) is 11.5 Å². The first-order valence-corrected chi connectivity index (χ1v) is 8.85. The second-order valence-corrected chi connectivity index (χ2v) is 7.15. The molecule has 0 N–H and O–H groups in total. The molecule has 0 bridgehead atoms. The summed E-state index contributed by atoms with van der Waals surface area (Å²) < 4.78 is 5.46. The number of benzene rings is 2. The molecule has 1 aliphatic heterocycles. The number of halogens is 1. The summed E-state index contributed by atoms with van der Waals surface area (Å²) in [6.07, 6.45) is 0.369. The lowest BCUT2D eigenvalue weighted by Gasteiger charge is -2.16. The van der Waals surface area contributed by atoms with Gasteiger partial charge in [0.2, 0.25) is 5.91 Å². The Kier molecular flexibility index (Phi) is 4.24. The fourth-order valence-electron chi connectivity index (χ4n) is 3.37. The molecule has 4 rings (SSSR count). The third kappa shape index (κ3) is 3.22. The highest BCUT2D eigenvalue weighted by molar-refractivity contribution is 6.30. The smallest absolute Gasteiger partial charge is 0.257 e. The van der Waals surface area contributed by atoms with Gasteiger partial charge < -0.3 is 9.42 Å². The maximum absolute atomic E-state index is 12.4. The van der Waals surface area contributed by atoms with E-state index in [0.717, 1.165) is 22.4 Å². The first-order chi connectivity index (χ1) is 12.5. The Hall–Kier alpha value is -2.66. The van der Waals surface area contributed by atoms with Crippen LogP contribution in [-0.2, 0) is 4.79 Å². The number of anilines is 1. The Morgan fingerprint density at radius 2 is 1.81 bits per heavy atom. The summed E-state index contributed by atoms with van der Waals surface area (Å²) in [4.78, 5) is 18.7. The van der Waals surface area contributed by atoms with Gasteiger partial charge in [0.05, 0.1) is 0 Å². The highest BCUT2D eigenvalue weighted by Gasteiger charge is 2.34. The lowest BCUT2D eigenvalue weighted by molar-refractivity contribution is -0.117. The van der Waals surface area contributed by atoms with Gasteiger partial charge in [-0.15, -0.1) is 0 Å². The monoisotopic (exact) mass is 367 g/mol. The van der Waals surface area contributed by atoms with E-state index < -0.39 is 0 Å². The van der Waals surface area contributed by atoms with Gasteiger partial charge in [-0.3, -0.25) is 4.79 Å². The van der Waals surface area contributed by atoms with Crippen LogP contribution in [0.4, 0.5) is 5.69 Å². The first-order valence-electron chi connectivity index (χ1n) is 8.48. The molecule has 3 aromatic rings. The summed E-state index contributed by atoms with van der Waals surface area (Å²) >= 11 is 5.93. The van der Waals surface area contributed by atoms with E-state index in [0.29, 0.717) is 29.7 Å². The number of hydrogen-bond acceptors (Lipinski definition) is 4. The van der Waals surface area contributed by atoms with Crippen molar-refractivity contribution >= 4 is 23.2 Å².